The fourth-order valence-corrected chi connectivity index (χ4v) is 1.31. The molecule has 0 spiro atoms. The number of aromatic nitrogens is 1. The lowest BCUT2D eigenvalue weighted by Crippen LogP contribution is -2.21. The van der Waals surface area contributed by atoms with E-state index in [1.165, 1.54) is 11.9 Å². The van der Waals surface area contributed by atoms with Crippen molar-refractivity contribution in [2.24, 2.45) is 0 Å². The van der Waals surface area contributed by atoms with Gasteiger partial charge in [-0.25, -0.2) is 9.78 Å². The minimum absolute atomic E-state index is 0.0600. The summed E-state index contributed by atoms with van der Waals surface area (Å²) in [4.78, 5) is 26.0. The van der Waals surface area contributed by atoms with Gasteiger partial charge in [0.05, 0.1) is 17.4 Å². The summed E-state index contributed by atoms with van der Waals surface area (Å²) in [6, 6.07) is 4.06. The van der Waals surface area contributed by atoms with Crippen LogP contribution >= 0.6 is 0 Å². The van der Waals surface area contributed by atoms with Crippen LogP contribution in [-0.4, -0.2) is 34.6 Å². The molecule has 0 aliphatic carbocycles. The monoisotopic (exact) mass is 250 g/mol. The Morgan fingerprint density at radius 3 is 2.83 bits per heavy atom. The predicted molar refractivity (Wildman–Crippen MR) is 61.4 cm³/mol. The average Bonchev–Trinajstić information content (AvgIpc) is 2.34. The maximum atomic E-state index is 10.8. The largest absolute Gasteiger partial charge is 0.477 e. The van der Waals surface area contributed by atoms with Gasteiger partial charge in [-0.05, 0) is 6.07 Å². The maximum Gasteiger partial charge on any atom is 0.354 e. The van der Waals surface area contributed by atoms with Crippen LogP contribution in [0.1, 0.15) is 16.9 Å². The summed E-state index contributed by atoms with van der Waals surface area (Å²) >= 11 is 0. The molecule has 18 heavy (non-hydrogen) atoms. The molecule has 1 aromatic rings. The van der Waals surface area contributed by atoms with Crippen molar-refractivity contribution in [2.45, 2.75) is 6.42 Å². The van der Waals surface area contributed by atoms with Gasteiger partial charge >= 0.3 is 11.7 Å². The van der Waals surface area contributed by atoms with Gasteiger partial charge in [0.25, 0.3) is 0 Å². The van der Waals surface area contributed by atoms with Gasteiger partial charge in [-0.3, -0.25) is 10.1 Å². The molecule has 94 valence electrons. The van der Waals surface area contributed by atoms with Gasteiger partial charge in [-0.2, -0.15) is 5.26 Å². The zero-order valence-electron chi connectivity index (χ0n) is 9.53. The third-order valence-electron chi connectivity index (χ3n) is 2.19. The van der Waals surface area contributed by atoms with E-state index in [2.05, 4.69) is 4.98 Å². The maximum absolute atomic E-state index is 10.8. The highest BCUT2D eigenvalue weighted by molar-refractivity contribution is 5.86. The molecule has 0 fully saturated rings. The zero-order chi connectivity index (χ0) is 13.7. The first-order valence-corrected chi connectivity index (χ1v) is 4.94. The summed E-state index contributed by atoms with van der Waals surface area (Å²) in [5.74, 6) is -1.32. The van der Waals surface area contributed by atoms with Crippen LogP contribution in [0.5, 0.6) is 0 Å². The van der Waals surface area contributed by atoms with Crippen LogP contribution in [0.15, 0.2) is 12.1 Å². The van der Waals surface area contributed by atoms with Crippen molar-refractivity contribution < 1.29 is 14.8 Å². The fraction of sp³-hybridized carbons (Fsp3) is 0.300. The van der Waals surface area contributed by atoms with Crippen molar-refractivity contribution in [1.29, 1.82) is 5.26 Å². The number of nitro groups is 1. The normalized spacial score (nSPS) is 9.56. The minimum Gasteiger partial charge on any atom is -0.477 e. The van der Waals surface area contributed by atoms with Crippen LogP contribution in [-0.2, 0) is 0 Å². The van der Waals surface area contributed by atoms with E-state index in [4.69, 9.17) is 10.4 Å². The first kappa shape index (κ1) is 13.4. The van der Waals surface area contributed by atoms with E-state index >= 15 is 0 Å². The molecule has 0 atom stereocenters. The second-order valence-electron chi connectivity index (χ2n) is 3.43. The standard InChI is InChI=1S/C10H10N4O4/c1-13(6-2-5-11)9-8(14(17)18)4-3-7(12-9)10(15)16/h3-4H,2,6H2,1H3,(H,15,16). The summed E-state index contributed by atoms with van der Waals surface area (Å²) in [6.07, 6.45) is 0.159. The van der Waals surface area contributed by atoms with Crippen molar-refractivity contribution >= 4 is 17.5 Å². The van der Waals surface area contributed by atoms with Crippen LogP contribution in [0.3, 0.4) is 0 Å². The van der Waals surface area contributed by atoms with E-state index in [1.807, 2.05) is 6.07 Å². The highest BCUT2D eigenvalue weighted by atomic mass is 16.6. The average molecular weight is 250 g/mol. The fourth-order valence-electron chi connectivity index (χ4n) is 1.31. The summed E-state index contributed by atoms with van der Waals surface area (Å²) in [5.41, 5.74) is -0.570. The van der Waals surface area contributed by atoms with Gasteiger partial charge in [-0.15, -0.1) is 0 Å². The van der Waals surface area contributed by atoms with E-state index in [9.17, 15) is 14.9 Å². The molecule has 1 aromatic heterocycles. The van der Waals surface area contributed by atoms with Crippen LogP contribution in [0.2, 0.25) is 0 Å². The number of pyridine rings is 1. The Kier molecular flexibility index (Phi) is 4.15. The van der Waals surface area contributed by atoms with E-state index in [-0.39, 0.29) is 30.2 Å². The Morgan fingerprint density at radius 2 is 2.33 bits per heavy atom. The van der Waals surface area contributed by atoms with Crippen LogP contribution in [0.25, 0.3) is 0 Å². The smallest absolute Gasteiger partial charge is 0.354 e. The van der Waals surface area contributed by atoms with E-state index in [0.717, 1.165) is 12.1 Å². The molecule has 1 heterocycles. The number of carboxylic acids is 1. The molecule has 8 heteroatoms. The molecule has 8 nitrogen and oxygen atoms in total. The molecule has 0 radical (unpaired) electrons. The number of hydrogen-bond donors (Lipinski definition) is 1. The Morgan fingerprint density at radius 1 is 1.67 bits per heavy atom. The first-order chi connectivity index (χ1) is 8.47. The van der Waals surface area contributed by atoms with E-state index in [0.29, 0.717) is 0 Å². The molecule has 1 N–H and O–H groups in total. The van der Waals surface area contributed by atoms with Gasteiger partial charge in [0, 0.05) is 19.7 Å². The predicted octanol–water partition coefficient (Wildman–Crippen LogP) is 1.04. The number of nitrogens with zero attached hydrogens (tertiary/aromatic N) is 4. The van der Waals surface area contributed by atoms with Crippen molar-refractivity contribution in [3.63, 3.8) is 0 Å². The Balaban J connectivity index is 3.19. The van der Waals surface area contributed by atoms with Gasteiger partial charge in [0.1, 0.15) is 0 Å². The molecule has 0 unspecified atom stereocenters. The molecule has 0 amide bonds. The lowest BCUT2D eigenvalue weighted by molar-refractivity contribution is -0.384. The number of carbonyl (C=O) groups is 1. The van der Waals surface area contributed by atoms with Gasteiger partial charge in [-0.1, -0.05) is 0 Å². The van der Waals surface area contributed by atoms with Gasteiger partial charge in [0.15, 0.2) is 5.69 Å². The molecule has 0 aliphatic rings. The number of rotatable bonds is 5. The summed E-state index contributed by atoms with van der Waals surface area (Å²) in [6.45, 7) is 0.230. The highest BCUT2D eigenvalue weighted by Crippen LogP contribution is 2.25. The third-order valence-corrected chi connectivity index (χ3v) is 2.19. The second kappa shape index (κ2) is 5.58. The zero-order valence-corrected chi connectivity index (χ0v) is 9.53. The summed E-state index contributed by atoms with van der Waals surface area (Å²) in [7, 11) is 1.51. The minimum atomic E-state index is -1.26. The van der Waals surface area contributed by atoms with Crippen molar-refractivity contribution in [2.75, 3.05) is 18.5 Å². The lowest BCUT2D eigenvalue weighted by atomic mass is 10.3. The van der Waals surface area contributed by atoms with E-state index in [1.54, 1.807) is 0 Å². The molecule has 0 bridgehead atoms. The third kappa shape index (κ3) is 2.91. The molecular weight excluding hydrogens is 240 g/mol. The molecule has 0 aliphatic heterocycles. The molecule has 1 rings (SSSR count). The van der Waals surface area contributed by atoms with Crippen molar-refractivity contribution in [3.05, 3.63) is 27.9 Å². The number of nitriles is 1. The van der Waals surface area contributed by atoms with Crippen LogP contribution in [0, 0.1) is 21.4 Å². The number of carboxylic acid groups (broad SMARTS) is 1. The van der Waals surface area contributed by atoms with E-state index < -0.39 is 10.9 Å². The summed E-state index contributed by atoms with van der Waals surface area (Å²) in [5, 5.41) is 28.1. The Hall–Kier alpha value is -2.69. The quantitative estimate of drug-likeness (QED) is 0.612. The topological polar surface area (TPSA) is 120 Å². The second-order valence-corrected chi connectivity index (χ2v) is 3.43. The van der Waals surface area contributed by atoms with Gasteiger partial charge < -0.3 is 10.0 Å². The Labute approximate surface area is 102 Å². The van der Waals surface area contributed by atoms with Crippen LogP contribution in [0.4, 0.5) is 11.5 Å². The lowest BCUT2D eigenvalue weighted by Gasteiger charge is -2.16. The summed E-state index contributed by atoms with van der Waals surface area (Å²) < 4.78 is 0. The number of anilines is 1. The highest BCUT2D eigenvalue weighted by Gasteiger charge is 2.21. The Bertz CT molecular complexity index is 523. The molecule has 0 saturated heterocycles. The number of hydrogen-bond acceptors (Lipinski definition) is 6. The van der Waals surface area contributed by atoms with Crippen molar-refractivity contribution in [1.82, 2.24) is 4.98 Å². The first-order valence-electron chi connectivity index (χ1n) is 4.94. The van der Waals surface area contributed by atoms with Crippen molar-refractivity contribution in [3.8, 4) is 6.07 Å². The number of aromatic carboxylic acids is 1. The molecule has 0 aromatic carbocycles. The van der Waals surface area contributed by atoms with Crippen LogP contribution < -0.4 is 4.90 Å². The molecular formula is C10H10N4O4. The van der Waals surface area contributed by atoms with Gasteiger partial charge in [0.2, 0.25) is 5.82 Å². The molecule has 0 saturated carbocycles. The SMILES string of the molecule is CN(CCC#N)c1nc(C(=O)O)ccc1[N+](=O)[O-].